The quantitative estimate of drug-likeness (QED) is 0.579. The number of nitrogens with two attached hydrogens (primary N) is 1. The maximum absolute atomic E-state index is 11.7. The normalized spacial score (nSPS) is 19.1. The fourth-order valence-electron chi connectivity index (χ4n) is 2.15. The average molecular weight is 270 g/mol. The van der Waals surface area contributed by atoms with E-state index in [4.69, 9.17) is 5.73 Å². The molecule has 1 aliphatic rings. The standard InChI is InChI=1S/C13H26N4O2/c1-3-10(2)15-8-13(19)16-11-4-6-17(7-5-11)9-12(14)18/h10-11,15H,3-9H2,1-2H3,(H2,14,18)(H,16,19). The van der Waals surface area contributed by atoms with Gasteiger partial charge in [0.2, 0.25) is 11.8 Å². The van der Waals surface area contributed by atoms with Crippen LogP contribution in [0.5, 0.6) is 0 Å². The predicted octanol–water partition coefficient (Wildman–Crippen LogP) is -0.560. The highest BCUT2D eigenvalue weighted by atomic mass is 16.2. The van der Waals surface area contributed by atoms with Crippen molar-refractivity contribution in [1.29, 1.82) is 0 Å². The van der Waals surface area contributed by atoms with Crippen LogP contribution in [0.25, 0.3) is 0 Å². The predicted molar refractivity (Wildman–Crippen MR) is 74.6 cm³/mol. The molecule has 0 radical (unpaired) electrons. The van der Waals surface area contributed by atoms with Crippen molar-refractivity contribution in [3.8, 4) is 0 Å². The van der Waals surface area contributed by atoms with Crippen molar-refractivity contribution in [2.45, 2.75) is 45.2 Å². The molecule has 2 amide bonds. The Morgan fingerprint density at radius 3 is 2.53 bits per heavy atom. The van der Waals surface area contributed by atoms with E-state index in [-0.39, 0.29) is 17.9 Å². The molecule has 0 bridgehead atoms. The van der Waals surface area contributed by atoms with Crippen LogP contribution in [0.2, 0.25) is 0 Å². The summed E-state index contributed by atoms with van der Waals surface area (Å²) in [5.74, 6) is -0.242. The highest BCUT2D eigenvalue weighted by Crippen LogP contribution is 2.09. The van der Waals surface area contributed by atoms with Crippen LogP contribution in [0.15, 0.2) is 0 Å². The third-order valence-electron chi connectivity index (χ3n) is 3.56. The summed E-state index contributed by atoms with van der Waals surface area (Å²) in [5.41, 5.74) is 5.16. The van der Waals surface area contributed by atoms with E-state index in [1.807, 2.05) is 4.90 Å². The van der Waals surface area contributed by atoms with Gasteiger partial charge in [0.15, 0.2) is 0 Å². The van der Waals surface area contributed by atoms with Crippen LogP contribution in [0, 0.1) is 0 Å². The van der Waals surface area contributed by atoms with Gasteiger partial charge in [0, 0.05) is 25.2 Å². The lowest BCUT2D eigenvalue weighted by atomic mass is 10.1. The van der Waals surface area contributed by atoms with E-state index < -0.39 is 0 Å². The number of amides is 2. The van der Waals surface area contributed by atoms with Crippen LogP contribution in [-0.4, -0.2) is 55.0 Å². The van der Waals surface area contributed by atoms with Crippen LogP contribution in [-0.2, 0) is 9.59 Å². The lowest BCUT2D eigenvalue weighted by Gasteiger charge is -2.31. The van der Waals surface area contributed by atoms with E-state index in [9.17, 15) is 9.59 Å². The van der Waals surface area contributed by atoms with Gasteiger partial charge in [-0.1, -0.05) is 6.92 Å². The first-order valence-electron chi connectivity index (χ1n) is 7.04. The second-order valence-corrected chi connectivity index (χ2v) is 5.27. The Hall–Kier alpha value is -1.14. The zero-order chi connectivity index (χ0) is 14.3. The molecule has 1 unspecified atom stereocenters. The molecule has 1 aliphatic heterocycles. The van der Waals surface area contributed by atoms with Crippen molar-refractivity contribution in [1.82, 2.24) is 15.5 Å². The molecule has 0 aromatic heterocycles. The van der Waals surface area contributed by atoms with Gasteiger partial charge in [-0.05, 0) is 26.2 Å². The first kappa shape index (κ1) is 15.9. The number of nitrogens with one attached hydrogen (secondary N) is 2. The van der Waals surface area contributed by atoms with Crippen molar-refractivity contribution < 1.29 is 9.59 Å². The summed E-state index contributed by atoms with van der Waals surface area (Å²) in [6, 6.07) is 0.582. The Morgan fingerprint density at radius 2 is 2.00 bits per heavy atom. The molecule has 0 saturated carbocycles. The second-order valence-electron chi connectivity index (χ2n) is 5.27. The van der Waals surface area contributed by atoms with Gasteiger partial charge in [-0.2, -0.15) is 0 Å². The Kier molecular flexibility index (Phi) is 6.80. The Labute approximate surface area is 115 Å². The molecule has 6 heteroatoms. The van der Waals surface area contributed by atoms with Gasteiger partial charge >= 0.3 is 0 Å². The number of likely N-dealkylation sites (tertiary alicyclic amines) is 1. The maximum Gasteiger partial charge on any atom is 0.234 e. The fraction of sp³-hybridized carbons (Fsp3) is 0.846. The smallest absolute Gasteiger partial charge is 0.234 e. The van der Waals surface area contributed by atoms with Crippen LogP contribution in [0.1, 0.15) is 33.1 Å². The number of piperidine rings is 1. The average Bonchev–Trinajstić information content (AvgIpc) is 2.37. The molecule has 0 aromatic carbocycles. The van der Waals surface area contributed by atoms with E-state index in [0.717, 1.165) is 32.4 Å². The summed E-state index contributed by atoms with van der Waals surface area (Å²) in [7, 11) is 0. The monoisotopic (exact) mass is 270 g/mol. The van der Waals surface area contributed by atoms with Crippen molar-refractivity contribution >= 4 is 11.8 Å². The minimum Gasteiger partial charge on any atom is -0.369 e. The first-order chi connectivity index (χ1) is 9.01. The van der Waals surface area contributed by atoms with E-state index in [1.54, 1.807) is 0 Å². The van der Waals surface area contributed by atoms with Gasteiger partial charge in [-0.25, -0.2) is 0 Å². The lowest BCUT2D eigenvalue weighted by molar-refractivity contribution is -0.122. The summed E-state index contributed by atoms with van der Waals surface area (Å²) in [6.07, 6.45) is 2.77. The molecular formula is C13H26N4O2. The molecule has 110 valence electrons. The summed E-state index contributed by atoms with van der Waals surface area (Å²) >= 11 is 0. The van der Waals surface area contributed by atoms with E-state index in [0.29, 0.717) is 19.1 Å². The highest BCUT2D eigenvalue weighted by Gasteiger charge is 2.21. The van der Waals surface area contributed by atoms with Gasteiger partial charge in [-0.15, -0.1) is 0 Å². The molecule has 4 N–H and O–H groups in total. The minimum absolute atomic E-state index is 0.0497. The summed E-state index contributed by atoms with van der Waals surface area (Å²) < 4.78 is 0. The van der Waals surface area contributed by atoms with Crippen molar-refractivity contribution in [3.63, 3.8) is 0 Å². The minimum atomic E-state index is -0.291. The number of carbonyl (C=O) groups excluding carboxylic acids is 2. The lowest BCUT2D eigenvalue weighted by Crippen LogP contribution is -2.48. The van der Waals surface area contributed by atoms with Crippen LogP contribution in [0.4, 0.5) is 0 Å². The molecule has 1 heterocycles. The summed E-state index contributed by atoms with van der Waals surface area (Å²) in [6.45, 7) is 6.46. The molecular weight excluding hydrogens is 244 g/mol. The maximum atomic E-state index is 11.7. The van der Waals surface area contributed by atoms with Crippen LogP contribution >= 0.6 is 0 Å². The number of hydrogen-bond donors (Lipinski definition) is 3. The molecule has 1 atom stereocenters. The van der Waals surface area contributed by atoms with Gasteiger partial charge in [0.25, 0.3) is 0 Å². The summed E-state index contributed by atoms with van der Waals surface area (Å²) in [4.78, 5) is 24.6. The van der Waals surface area contributed by atoms with Crippen molar-refractivity contribution in [2.75, 3.05) is 26.2 Å². The van der Waals surface area contributed by atoms with E-state index in [1.165, 1.54) is 0 Å². The van der Waals surface area contributed by atoms with Gasteiger partial charge < -0.3 is 16.4 Å². The third-order valence-corrected chi connectivity index (χ3v) is 3.56. The number of primary amides is 1. The number of rotatable bonds is 7. The molecule has 1 rings (SSSR count). The molecule has 19 heavy (non-hydrogen) atoms. The number of carbonyl (C=O) groups is 2. The van der Waals surface area contributed by atoms with Crippen molar-refractivity contribution in [3.05, 3.63) is 0 Å². The Morgan fingerprint density at radius 1 is 1.37 bits per heavy atom. The largest absolute Gasteiger partial charge is 0.369 e. The third kappa shape index (κ3) is 6.54. The molecule has 6 nitrogen and oxygen atoms in total. The Balaban J connectivity index is 2.18. The molecule has 0 aromatic rings. The molecule has 1 fully saturated rings. The number of nitrogens with zero attached hydrogens (tertiary/aromatic N) is 1. The van der Waals surface area contributed by atoms with Gasteiger partial charge in [0.05, 0.1) is 13.1 Å². The topological polar surface area (TPSA) is 87.5 Å². The molecule has 1 saturated heterocycles. The van der Waals surface area contributed by atoms with Crippen molar-refractivity contribution in [2.24, 2.45) is 5.73 Å². The van der Waals surface area contributed by atoms with Gasteiger partial charge in [-0.3, -0.25) is 14.5 Å². The zero-order valence-electron chi connectivity index (χ0n) is 11.9. The SMILES string of the molecule is CCC(C)NCC(=O)NC1CCN(CC(N)=O)CC1. The summed E-state index contributed by atoms with van der Waals surface area (Å²) in [5, 5.41) is 6.20. The second kappa shape index (κ2) is 8.12. The van der Waals surface area contributed by atoms with E-state index >= 15 is 0 Å². The van der Waals surface area contributed by atoms with Gasteiger partial charge in [0.1, 0.15) is 0 Å². The Bertz CT molecular complexity index is 301. The first-order valence-corrected chi connectivity index (χ1v) is 7.04. The fourth-order valence-corrected chi connectivity index (χ4v) is 2.15. The van der Waals surface area contributed by atoms with Crippen LogP contribution in [0.3, 0.4) is 0 Å². The highest BCUT2D eigenvalue weighted by molar-refractivity contribution is 5.78. The zero-order valence-corrected chi connectivity index (χ0v) is 11.9. The molecule has 0 aliphatic carbocycles. The number of hydrogen-bond acceptors (Lipinski definition) is 4. The molecule has 0 spiro atoms. The van der Waals surface area contributed by atoms with Crippen LogP contribution < -0.4 is 16.4 Å². The van der Waals surface area contributed by atoms with E-state index in [2.05, 4.69) is 24.5 Å².